The van der Waals surface area contributed by atoms with Crippen molar-refractivity contribution < 1.29 is 19.4 Å². The van der Waals surface area contributed by atoms with Crippen LogP contribution >= 0.6 is 0 Å². The largest absolute Gasteiger partial charge is 0.497 e. The van der Waals surface area contributed by atoms with Crippen molar-refractivity contribution in [3.05, 3.63) is 76.1 Å². The molecule has 3 heterocycles. The number of aliphatic hydroxyl groups is 1. The second kappa shape index (κ2) is 8.99. The summed E-state index contributed by atoms with van der Waals surface area (Å²) in [6, 6.07) is 15.3. The molecule has 2 aromatic heterocycles. The Kier molecular flexibility index (Phi) is 5.72. The van der Waals surface area contributed by atoms with E-state index in [2.05, 4.69) is 15.4 Å². The van der Waals surface area contributed by atoms with Gasteiger partial charge in [-0.1, -0.05) is 12.1 Å². The molecule has 0 saturated heterocycles. The van der Waals surface area contributed by atoms with Gasteiger partial charge >= 0.3 is 0 Å². The highest BCUT2D eigenvalue weighted by molar-refractivity contribution is 6.04. The summed E-state index contributed by atoms with van der Waals surface area (Å²) in [5, 5.41) is 17.8. The number of carbonyl (C=O) groups is 1. The second-order valence-corrected chi connectivity index (χ2v) is 8.01. The van der Waals surface area contributed by atoms with Crippen molar-refractivity contribution in [2.45, 2.75) is 25.6 Å². The normalized spacial score (nSPS) is 16.4. The molecule has 0 aliphatic carbocycles. The van der Waals surface area contributed by atoms with Crippen LogP contribution in [0.5, 0.6) is 11.6 Å². The minimum Gasteiger partial charge on any atom is -0.497 e. The number of aromatic nitrogens is 4. The number of amides is 1. The molecule has 1 aliphatic rings. The Morgan fingerprint density at radius 2 is 2.03 bits per heavy atom. The molecule has 4 aromatic rings. The van der Waals surface area contributed by atoms with Gasteiger partial charge in [-0.25, -0.2) is 9.67 Å². The standard InChI is InChI=1S/C24H23N5O5/c1-33-18-5-6-20-19(12-18)25-24-26-23(32)16-4-2-3-15(11-16)13-29-22(31)8-7-21(27-29)34-10-9-17(30)14-28(20)24/h2-8,11-12,17,30H,9-10,13-14H2,1H3,(H,25,26,32). The van der Waals surface area contributed by atoms with Crippen LogP contribution in [0.25, 0.3) is 11.0 Å². The number of fused-ring (bicyclic) bond motifs is 7. The number of benzene rings is 2. The Morgan fingerprint density at radius 1 is 1.15 bits per heavy atom. The van der Waals surface area contributed by atoms with Crippen molar-refractivity contribution in [2.75, 3.05) is 19.0 Å². The van der Waals surface area contributed by atoms with E-state index in [1.165, 1.54) is 16.8 Å². The van der Waals surface area contributed by atoms with Crippen LogP contribution in [0.2, 0.25) is 0 Å². The molecule has 2 aromatic carbocycles. The fraction of sp³-hybridized carbons (Fsp3) is 0.250. The van der Waals surface area contributed by atoms with E-state index in [1.54, 1.807) is 42.0 Å². The van der Waals surface area contributed by atoms with Crippen LogP contribution in [-0.4, -0.2) is 50.2 Å². The summed E-state index contributed by atoms with van der Waals surface area (Å²) in [4.78, 5) is 29.9. The van der Waals surface area contributed by atoms with Crippen molar-refractivity contribution in [3.63, 3.8) is 0 Å². The Bertz CT molecular complexity index is 1430. The number of hydrogen-bond donors (Lipinski definition) is 2. The number of rotatable bonds is 1. The van der Waals surface area contributed by atoms with Crippen molar-refractivity contribution in [1.29, 1.82) is 0 Å². The monoisotopic (exact) mass is 461 g/mol. The Labute approximate surface area is 194 Å². The molecular weight excluding hydrogens is 438 g/mol. The maximum atomic E-state index is 13.1. The number of methoxy groups -OCH3 is 1. The highest BCUT2D eigenvalue weighted by Gasteiger charge is 2.19. The molecule has 5 rings (SSSR count). The van der Waals surface area contributed by atoms with E-state index >= 15 is 0 Å². The van der Waals surface area contributed by atoms with Crippen molar-refractivity contribution in [2.24, 2.45) is 0 Å². The molecule has 34 heavy (non-hydrogen) atoms. The lowest BCUT2D eigenvalue weighted by Crippen LogP contribution is -2.25. The maximum absolute atomic E-state index is 13.1. The molecule has 1 unspecified atom stereocenters. The van der Waals surface area contributed by atoms with E-state index in [4.69, 9.17) is 9.47 Å². The summed E-state index contributed by atoms with van der Waals surface area (Å²) in [6.45, 7) is 0.566. The van der Waals surface area contributed by atoms with E-state index < -0.39 is 6.10 Å². The zero-order valence-corrected chi connectivity index (χ0v) is 18.5. The SMILES string of the molecule is COc1ccc2c(c1)nc1n2CC(O)CCOc2ccc(=O)n(n2)Cc2cccc(c2)C(=O)N1. The number of carbonyl (C=O) groups excluding carboxylic acids is 1. The Balaban J connectivity index is 1.57. The molecule has 2 N–H and O–H groups in total. The predicted molar refractivity (Wildman–Crippen MR) is 124 cm³/mol. The number of hydrogen-bond acceptors (Lipinski definition) is 7. The first-order chi connectivity index (χ1) is 16.5. The number of nitrogens with one attached hydrogen (secondary N) is 1. The molecule has 4 bridgehead atoms. The van der Waals surface area contributed by atoms with Gasteiger partial charge in [0, 0.05) is 30.2 Å². The van der Waals surface area contributed by atoms with Crippen molar-refractivity contribution in [3.8, 4) is 11.6 Å². The van der Waals surface area contributed by atoms with Gasteiger partial charge < -0.3 is 19.1 Å². The molecule has 0 saturated carbocycles. The summed E-state index contributed by atoms with van der Waals surface area (Å²) in [5.41, 5.74) is 2.23. The molecule has 0 fully saturated rings. The summed E-state index contributed by atoms with van der Waals surface area (Å²) in [6.07, 6.45) is -0.472. The molecule has 10 nitrogen and oxygen atoms in total. The molecule has 1 amide bonds. The number of nitrogens with zero attached hydrogens (tertiary/aromatic N) is 4. The molecule has 10 heteroatoms. The summed E-state index contributed by atoms with van der Waals surface area (Å²) < 4.78 is 14.0. The van der Waals surface area contributed by atoms with Gasteiger partial charge in [-0.2, -0.15) is 0 Å². The first-order valence-electron chi connectivity index (χ1n) is 10.8. The zero-order valence-electron chi connectivity index (χ0n) is 18.5. The van der Waals surface area contributed by atoms with E-state index in [-0.39, 0.29) is 37.0 Å². The minimum atomic E-state index is -0.780. The first kappa shape index (κ1) is 21.7. The quantitative estimate of drug-likeness (QED) is 0.445. The summed E-state index contributed by atoms with van der Waals surface area (Å²) in [5.74, 6) is 0.881. The van der Waals surface area contributed by atoms with Gasteiger partial charge in [0.25, 0.3) is 11.5 Å². The van der Waals surface area contributed by atoms with Gasteiger partial charge in [-0.05, 0) is 29.8 Å². The number of anilines is 1. The van der Waals surface area contributed by atoms with Gasteiger partial charge in [0.15, 0.2) is 0 Å². The van der Waals surface area contributed by atoms with Crippen LogP contribution in [0.4, 0.5) is 5.95 Å². The number of imidazole rings is 1. The average molecular weight is 461 g/mol. The van der Waals surface area contributed by atoms with Crippen LogP contribution in [0.1, 0.15) is 22.3 Å². The van der Waals surface area contributed by atoms with Crippen molar-refractivity contribution >= 4 is 22.9 Å². The van der Waals surface area contributed by atoms with E-state index in [1.807, 2.05) is 12.1 Å². The van der Waals surface area contributed by atoms with Gasteiger partial charge in [0.2, 0.25) is 11.8 Å². The molecular formula is C24H23N5O5. The third-order valence-electron chi connectivity index (χ3n) is 5.64. The number of ether oxygens (including phenoxy) is 2. The van der Waals surface area contributed by atoms with Crippen LogP contribution in [0.15, 0.2) is 59.4 Å². The second-order valence-electron chi connectivity index (χ2n) is 8.01. The lowest BCUT2D eigenvalue weighted by atomic mass is 10.1. The van der Waals surface area contributed by atoms with Crippen LogP contribution < -0.4 is 20.3 Å². The Hall–Kier alpha value is -4.18. The van der Waals surface area contributed by atoms with E-state index in [0.717, 1.165) is 11.1 Å². The van der Waals surface area contributed by atoms with Gasteiger partial charge in [-0.15, -0.1) is 5.10 Å². The van der Waals surface area contributed by atoms with Crippen LogP contribution in [-0.2, 0) is 13.1 Å². The molecule has 0 spiro atoms. The Morgan fingerprint density at radius 3 is 2.88 bits per heavy atom. The topological polar surface area (TPSA) is 121 Å². The van der Waals surface area contributed by atoms with Crippen LogP contribution in [0.3, 0.4) is 0 Å². The molecule has 1 atom stereocenters. The minimum absolute atomic E-state index is 0.179. The third-order valence-corrected chi connectivity index (χ3v) is 5.64. The highest BCUT2D eigenvalue weighted by Crippen LogP contribution is 2.25. The van der Waals surface area contributed by atoms with E-state index in [0.29, 0.717) is 29.2 Å². The molecule has 174 valence electrons. The predicted octanol–water partition coefficient (Wildman–Crippen LogP) is 2.05. The summed E-state index contributed by atoms with van der Waals surface area (Å²) in [7, 11) is 1.57. The number of aliphatic hydroxyl groups excluding tert-OH is 1. The third kappa shape index (κ3) is 4.35. The smallest absolute Gasteiger partial charge is 0.267 e. The molecule has 0 radical (unpaired) electrons. The van der Waals surface area contributed by atoms with Crippen LogP contribution in [0, 0.1) is 0 Å². The summed E-state index contributed by atoms with van der Waals surface area (Å²) >= 11 is 0. The van der Waals surface area contributed by atoms with Gasteiger partial charge in [-0.3, -0.25) is 14.9 Å². The fourth-order valence-electron chi connectivity index (χ4n) is 3.90. The van der Waals surface area contributed by atoms with E-state index in [9.17, 15) is 14.7 Å². The first-order valence-corrected chi connectivity index (χ1v) is 10.8. The molecule has 1 aliphatic heterocycles. The van der Waals surface area contributed by atoms with Gasteiger partial charge in [0.1, 0.15) is 5.75 Å². The maximum Gasteiger partial charge on any atom is 0.267 e. The van der Waals surface area contributed by atoms with Crippen molar-refractivity contribution in [1.82, 2.24) is 19.3 Å². The van der Waals surface area contributed by atoms with Gasteiger partial charge in [0.05, 0.1) is 43.9 Å². The fourth-order valence-corrected chi connectivity index (χ4v) is 3.90. The zero-order chi connectivity index (χ0) is 23.7. The lowest BCUT2D eigenvalue weighted by molar-refractivity contribution is 0.102. The highest BCUT2D eigenvalue weighted by atomic mass is 16.5. The lowest BCUT2D eigenvalue weighted by Gasteiger charge is -2.16. The average Bonchev–Trinajstić information content (AvgIpc) is 3.16.